The molecule has 2 aliphatic heterocycles. The SMILES string of the molecule is O=C(Nc1ccc(O)cc1)[C@H]1CC(=O)N(c2ccc(S(=O)(=O)N3CCOCC3)cc2)C1. The Morgan fingerprint density at radius 2 is 1.68 bits per heavy atom. The van der Waals surface area contributed by atoms with Crippen LogP contribution in [0.15, 0.2) is 53.4 Å². The Labute approximate surface area is 180 Å². The summed E-state index contributed by atoms with van der Waals surface area (Å²) in [5, 5.41) is 12.1. The van der Waals surface area contributed by atoms with Gasteiger partial charge in [0.1, 0.15) is 5.75 Å². The van der Waals surface area contributed by atoms with E-state index in [0.717, 1.165) is 0 Å². The Balaban J connectivity index is 1.43. The highest BCUT2D eigenvalue weighted by Crippen LogP contribution is 2.28. The Bertz CT molecular complexity index is 1060. The van der Waals surface area contributed by atoms with Crippen LogP contribution in [0.25, 0.3) is 0 Å². The number of nitrogens with one attached hydrogen (secondary N) is 1. The lowest BCUT2D eigenvalue weighted by Crippen LogP contribution is -2.40. The molecule has 2 amide bonds. The molecule has 2 heterocycles. The van der Waals surface area contributed by atoms with Crippen LogP contribution in [0, 0.1) is 5.92 Å². The van der Waals surface area contributed by atoms with Crippen molar-refractivity contribution in [2.45, 2.75) is 11.3 Å². The van der Waals surface area contributed by atoms with Crippen LogP contribution in [0.2, 0.25) is 0 Å². The van der Waals surface area contributed by atoms with Gasteiger partial charge in [0, 0.05) is 37.4 Å². The van der Waals surface area contributed by atoms with Crippen molar-refractivity contribution >= 4 is 33.2 Å². The number of sulfonamides is 1. The van der Waals surface area contributed by atoms with E-state index in [2.05, 4.69) is 5.32 Å². The number of amides is 2. The molecule has 0 unspecified atom stereocenters. The molecule has 31 heavy (non-hydrogen) atoms. The summed E-state index contributed by atoms with van der Waals surface area (Å²) < 4.78 is 32.1. The highest BCUT2D eigenvalue weighted by atomic mass is 32.2. The molecule has 2 aliphatic rings. The summed E-state index contributed by atoms with van der Waals surface area (Å²) in [5.74, 6) is -0.917. The molecule has 2 saturated heterocycles. The van der Waals surface area contributed by atoms with Crippen LogP contribution < -0.4 is 10.2 Å². The van der Waals surface area contributed by atoms with Crippen molar-refractivity contribution in [3.8, 4) is 5.75 Å². The molecule has 4 rings (SSSR count). The Morgan fingerprint density at radius 3 is 2.32 bits per heavy atom. The Kier molecular flexibility index (Phi) is 5.94. The number of ether oxygens (including phenoxy) is 1. The van der Waals surface area contributed by atoms with Crippen molar-refractivity contribution in [3.05, 3.63) is 48.5 Å². The first-order valence-electron chi connectivity index (χ1n) is 9.93. The van der Waals surface area contributed by atoms with Gasteiger partial charge >= 0.3 is 0 Å². The number of morpholine rings is 1. The van der Waals surface area contributed by atoms with Crippen molar-refractivity contribution in [1.82, 2.24) is 4.31 Å². The zero-order chi connectivity index (χ0) is 22.0. The van der Waals surface area contributed by atoms with E-state index in [1.807, 2.05) is 0 Å². The number of anilines is 2. The summed E-state index contributed by atoms with van der Waals surface area (Å²) in [6.07, 6.45) is 0.0672. The molecular weight excluding hydrogens is 422 g/mol. The topological polar surface area (TPSA) is 116 Å². The molecule has 0 aromatic heterocycles. The molecule has 0 aliphatic carbocycles. The van der Waals surface area contributed by atoms with E-state index in [1.54, 1.807) is 24.3 Å². The molecule has 2 fully saturated rings. The monoisotopic (exact) mass is 445 g/mol. The fraction of sp³-hybridized carbons (Fsp3) is 0.333. The van der Waals surface area contributed by atoms with Crippen molar-refractivity contribution in [3.63, 3.8) is 0 Å². The number of hydrogen-bond acceptors (Lipinski definition) is 6. The van der Waals surface area contributed by atoms with Gasteiger partial charge in [-0.2, -0.15) is 4.31 Å². The highest BCUT2D eigenvalue weighted by Gasteiger charge is 2.35. The van der Waals surface area contributed by atoms with Gasteiger partial charge in [0.25, 0.3) is 0 Å². The molecule has 164 valence electrons. The van der Waals surface area contributed by atoms with Gasteiger partial charge in [-0.1, -0.05) is 0 Å². The maximum atomic E-state index is 12.7. The van der Waals surface area contributed by atoms with Crippen molar-refractivity contribution in [2.75, 3.05) is 43.1 Å². The van der Waals surface area contributed by atoms with Gasteiger partial charge < -0.3 is 20.1 Å². The largest absolute Gasteiger partial charge is 0.508 e. The minimum Gasteiger partial charge on any atom is -0.508 e. The fourth-order valence-corrected chi connectivity index (χ4v) is 5.06. The van der Waals surface area contributed by atoms with Gasteiger partial charge in [-0.05, 0) is 48.5 Å². The van der Waals surface area contributed by atoms with Crippen LogP contribution in [-0.2, 0) is 24.3 Å². The number of carbonyl (C=O) groups is 2. The third kappa shape index (κ3) is 4.55. The number of hydrogen-bond donors (Lipinski definition) is 2. The zero-order valence-electron chi connectivity index (χ0n) is 16.7. The van der Waals surface area contributed by atoms with Crippen LogP contribution >= 0.6 is 0 Å². The molecule has 0 bridgehead atoms. The predicted octanol–water partition coefficient (Wildman–Crippen LogP) is 1.40. The van der Waals surface area contributed by atoms with Crippen LogP contribution in [0.1, 0.15) is 6.42 Å². The Hall–Kier alpha value is -2.95. The molecule has 0 spiro atoms. The molecule has 2 aromatic rings. The zero-order valence-corrected chi connectivity index (χ0v) is 17.5. The second kappa shape index (κ2) is 8.66. The molecule has 2 N–H and O–H groups in total. The maximum absolute atomic E-state index is 12.7. The lowest BCUT2D eigenvalue weighted by Gasteiger charge is -2.26. The molecular formula is C21H23N3O6S. The molecule has 9 nitrogen and oxygen atoms in total. The minimum atomic E-state index is -3.61. The molecule has 1 atom stereocenters. The van der Waals surface area contributed by atoms with Gasteiger partial charge in [-0.3, -0.25) is 9.59 Å². The second-order valence-electron chi connectivity index (χ2n) is 7.45. The fourth-order valence-electron chi connectivity index (χ4n) is 3.66. The highest BCUT2D eigenvalue weighted by molar-refractivity contribution is 7.89. The summed E-state index contributed by atoms with van der Waals surface area (Å²) in [4.78, 5) is 26.7. The molecule has 10 heteroatoms. The summed E-state index contributed by atoms with van der Waals surface area (Å²) in [7, 11) is -3.61. The normalized spacial score (nSPS) is 20.1. The third-order valence-corrected chi connectivity index (χ3v) is 7.30. The van der Waals surface area contributed by atoms with Gasteiger partial charge in [0.05, 0.1) is 24.0 Å². The number of aromatic hydroxyl groups is 1. The lowest BCUT2D eigenvalue weighted by atomic mass is 10.1. The van der Waals surface area contributed by atoms with Crippen LogP contribution in [0.4, 0.5) is 11.4 Å². The summed E-state index contributed by atoms with van der Waals surface area (Å²) in [6.45, 7) is 1.57. The average Bonchev–Trinajstić information content (AvgIpc) is 3.18. The van der Waals surface area contributed by atoms with Gasteiger partial charge in [0.15, 0.2) is 0 Å². The van der Waals surface area contributed by atoms with E-state index in [4.69, 9.17) is 4.74 Å². The van der Waals surface area contributed by atoms with Crippen LogP contribution in [-0.4, -0.2) is 62.5 Å². The summed E-state index contributed by atoms with van der Waals surface area (Å²) >= 11 is 0. The summed E-state index contributed by atoms with van der Waals surface area (Å²) in [6, 6.07) is 12.2. The number of phenols is 1. The molecule has 2 aromatic carbocycles. The third-order valence-electron chi connectivity index (χ3n) is 5.39. The van der Waals surface area contributed by atoms with E-state index in [0.29, 0.717) is 37.7 Å². The molecule has 0 radical (unpaired) electrons. The van der Waals surface area contributed by atoms with Crippen LogP contribution in [0.5, 0.6) is 5.75 Å². The van der Waals surface area contributed by atoms with E-state index in [-0.39, 0.29) is 35.4 Å². The minimum absolute atomic E-state index is 0.0672. The van der Waals surface area contributed by atoms with Gasteiger partial charge in [-0.25, -0.2) is 8.42 Å². The van der Waals surface area contributed by atoms with E-state index in [1.165, 1.54) is 33.5 Å². The van der Waals surface area contributed by atoms with Crippen molar-refractivity contribution < 1.29 is 27.9 Å². The van der Waals surface area contributed by atoms with E-state index >= 15 is 0 Å². The molecule has 0 saturated carbocycles. The number of benzene rings is 2. The number of phenolic OH excluding ortho intramolecular Hbond substituents is 1. The number of nitrogens with zero attached hydrogens (tertiary/aromatic N) is 2. The average molecular weight is 445 g/mol. The van der Waals surface area contributed by atoms with Crippen LogP contribution in [0.3, 0.4) is 0 Å². The van der Waals surface area contributed by atoms with E-state index in [9.17, 15) is 23.1 Å². The maximum Gasteiger partial charge on any atom is 0.243 e. The standard InChI is InChI=1S/C21H23N3O6S/c25-18-5-1-16(2-6-18)22-21(27)15-13-20(26)24(14-15)17-3-7-19(8-4-17)31(28,29)23-9-11-30-12-10-23/h1-8,15,25H,9-14H2,(H,22,27)/t15-/m0/s1. The quantitative estimate of drug-likeness (QED) is 0.672. The Morgan fingerprint density at radius 1 is 1.03 bits per heavy atom. The smallest absolute Gasteiger partial charge is 0.243 e. The summed E-state index contributed by atoms with van der Waals surface area (Å²) in [5.41, 5.74) is 1.08. The van der Waals surface area contributed by atoms with Gasteiger partial charge in [0.2, 0.25) is 21.8 Å². The van der Waals surface area contributed by atoms with Crippen molar-refractivity contribution in [1.29, 1.82) is 0 Å². The van der Waals surface area contributed by atoms with Gasteiger partial charge in [-0.15, -0.1) is 0 Å². The first-order valence-corrected chi connectivity index (χ1v) is 11.4. The van der Waals surface area contributed by atoms with Crippen molar-refractivity contribution in [2.24, 2.45) is 5.92 Å². The first-order chi connectivity index (χ1) is 14.8. The number of rotatable bonds is 5. The lowest BCUT2D eigenvalue weighted by molar-refractivity contribution is -0.122. The first kappa shape index (κ1) is 21.3. The van der Waals surface area contributed by atoms with E-state index < -0.39 is 15.9 Å². The second-order valence-corrected chi connectivity index (χ2v) is 9.39. The number of carbonyl (C=O) groups excluding carboxylic acids is 2. The predicted molar refractivity (Wildman–Crippen MR) is 113 cm³/mol.